The van der Waals surface area contributed by atoms with Crippen LogP contribution in [-0.2, 0) is 0 Å². The van der Waals surface area contributed by atoms with Gasteiger partial charge in [-0.25, -0.2) is 0 Å². The number of H-pyrrole nitrogens is 2. The van der Waals surface area contributed by atoms with Crippen molar-refractivity contribution in [2.45, 2.75) is 25.3 Å². The SMILES string of the molecule is O=C(c1cc2ccccc2[nH]1)N1CCCCC1c1ccn[nH]1. The lowest BCUT2D eigenvalue weighted by Crippen LogP contribution is -2.38. The minimum Gasteiger partial charge on any atom is -0.351 e. The zero-order chi connectivity index (χ0) is 14.9. The van der Waals surface area contributed by atoms with Crippen LogP contribution in [0, 0.1) is 0 Å². The van der Waals surface area contributed by atoms with Crippen LogP contribution in [0.15, 0.2) is 42.6 Å². The van der Waals surface area contributed by atoms with E-state index in [-0.39, 0.29) is 11.9 Å². The van der Waals surface area contributed by atoms with Gasteiger partial charge in [0, 0.05) is 23.6 Å². The van der Waals surface area contributed by atoms with Gasteiger partial charge in [0.05, 0.1) is 11.7 Å². The summed E-state index contributed by atoms with van der Waals surface area (Å²) in [5.41, 5.74) is 2.68. The molecule has 112 valence electrons. The number of piperidine rings is 1. The highest BCUT2D eigenvalue weighted by Gasteiger charge is 2.30. The molecule has 0 bridgehead atoms. The molecule has 3 aromatic rings. The van der Waals surface area contributed by atoms with Crippen molar-refractivity contribution in [3.05, 3.63) is 54.0 Å². The number of likely N-dealkylation sites (tertiary alicyclic amines) is 1. The quantitative estimate of drug-likeness (QED) is 0.762. The van der Waals surface area contributed by atoms with E-state index in [1.54, 1.807) is 6.20 Å². The smallest absolute Gasteiger partial charge is 0.270 e. The minimum absolute atomic E-state index is 0.0653. The Morgan fingerprint density at radius 1 is 1.23 bits per heavy atom. The Kier molecular flexibility index (Phi) is 3.18. The molecule has 0 saturated carbocycles. The van der Waals surface area contributed by atoms with Crippen molar-refractivity contribution in [3.63, 3.8) is 0 Å². The van der Waals surface area contributed by atoms with Gasteiger partial charge in [0.25, 0.3) is 5.91 Å². The number of carbonyl (C=O) groups excluding carboxylic acids is 1. The van der Waals surface area contributed by atoms with Crippen molar-refractivity contribution in [1.29, 1.82) is 0 Å². The molecule has 1 amide bonds. The highest BCUT2D eigenvalue weighted by Crippen LogP contribution is 2.31. The fourth-order valence-corrected chi connectivity index (χ4v) is 3.29. The van der Waals surface area contributed by atoms with E-state index in [1.807, 2.05) is 41.3 Å². The molecular formula is C17H18N4O. The van der Waals surface area contributed by atoms with E-state index in [1.165, 1.54) is 0 Å². The fourth-order valence-electron chi connectivity index (χ4n) is 3.29. The van der Waals surface area contributed by atoms with Crippen LogP contribution in [0.2, 0.25) is 0 Å². The van der Waals surface area contributed by atoms with E-state index < -0.39 is 0 Å². The molecule has 0 radical (unpaired) electrons. The molecule has 0 spiro atoms. The third kappa shape index (κ3) is 2.19. The number of amides is 1. The second-order valence-corrected chi connectivity index (χ2v) is 5.79. The molecule has 1 aliphatic rings. The van der Waals surface area contributed by atoms with Crippen molar-refractivity contribution in [2.75, 3.05) is 6.54 Å². The van der Waals surface area contributed by atoms with E-state index in [9.17, 15) is 4.79 Å². The molecule has 1 aliphatic heterocycles. The van der Waals surface area contributed by atoms with Crippen LogP contribution in [0.5, 0.6) is 0 Å². The Morgan fingerprint density at radius 3 is 2.95 bits per heavy atom. The molecule has 22 heavy (non-hydrogen) atoms. The summed E-state index contributed by atoms with van der Waals surface area (Å²) in [6.45, 7) is 0.790. The van der Waals surface area contributed by atoms with Crippen LogP contribution in [0.4, 0.5) is 0 Å². The Hall–Kier alpha value is -2.56. The van der Waals surface area contributed by atoms with Gasteiger partial charge in [-0.3, -0.25) is 9.89 Å². The molecule has 1 atom stereocenters. The summed E-state index contributed by atoms with van der Waals surface area (Å²) >= 11 is 0. The Bertz CT molecular complexity index is 757. The molecule has 1 saturated heterocycles. The van der Waals surface area contributed by atoms with E-state index in [2.05, 4.69) is 15.2 Å². The second kappa shape index (κ2) is 5.33. The number of fused-ring (bicyclic) bond motifs is 1. The monoisotopic (exact) mass is 294 g/mol. The summed E-state index contributed by atoms with van der Waals surface area (Å²) in [5.74, 6) is 0.0653. The first-order chi connectivity index (χ1) is 10.8. The summed E-state index contributed by atoms with van der Waals surface area (Å²) in [7, 11) is 0. The largest absolute Gasteiger partial charge is 0.351 e. The standard InChI is InChI=1S/C17H18N4O/c22-17(15-11-12-5-1-2-6-13(12)19-15)21-10-4-3-7-16(21)14-8-9-18-20-14/h1-2,5-6,8-9,11,16,19H,3-4,7,10H2,(H,18,20). The fraction of sp³-hybridized carbons (Fsp3) is 0.294. The van der Waals surface area contributed by atoms with E-state index in [0.29, 0.717) is 5.69 Å². The van der Waals surface area contributed by atoms with Gasteiger partial charge in [-0.2, -0.15) is 5.10 Å². The topological polar surface area (TPSA) is 64.8 Å². The number of rotatable bonds is 2. The second-order valence-electron chi connectivity index (χ2n) is 5.79. The maximum atomic E-state index is 12.9. The van der Waals surface area contributed by atoms with Crippen molar-refractivity contribution >= 4 is 16.8 Å². The Labute approximate surface area is 128 Å². The number of nitrogens with one attached hydrogen (secondary N) is 2. The Balaban J connectivity index is 1.67. The lowest BCUT2D eigenvalue weighted by atomic mass is 9.99. The van der Waals surface area contributed by atoms with Gasteiger partial charge in [-0.15, -0.1) is 0 Å². The summed E-state index contributed by atoms with van der Waals surface area (Å²) in [6.07, 6.45) is 4.92. The molecule has 2 N–H and O–H groups in total. The first-order valence-corrected chi connectivity index (χ1v) is 7.71. The van der Waals surface area contributed by atoms with Gasteiger partial charge in [-0.1, -0.05) is 18.2 Å². The van der Waals surface area contributed by atoms with E-state index in [4.69, 9.17) is 0 Å². The molecular weight excluding hydrogens is 276 g/mol. The predicted octanol–water partition coefficient (Wildman–Crippen LogP) is 3.26. The predicted molar refractivity (Wildman–Crippen MR) is 84.5 cm³/mol. The number of benzene rings is 1. The molecule has 2 aromatic heterocycles. The van der Waals surface area contributed by atoms with Gasteiger partial charge in [0.15, 0.2) is 0 Å². The van der Waals surface area contributed by atoms with Crippen LogP contribution in [0.25, 0.3) is 10.9 Å². The zero-order valence-corrected chi connectivity index (χ0v) is 12.2. The first kappa shape index (κ1) is 13.1. The third-order valence-electron chi connectivity index (χ3n) is 4.41. The molecule has 5 nitrogen and oxygen atoms in total. The van der Waals surface area contributed by atoms with Crippen molar-refractivity contribution in [3.8, 4) is 0 Å². The number of carbonyl (C=O) groups is 1. The number of aromatic nitrogens is 3. The molecule has 1 aromatic carbocycles. The molecule has 1 fully saturated rings. The van der Waals surface area contributed by atoms with Crippen molar-refractivity contribution < 1.29 is 4.79 Å². The maximum Gasteiger partial charge on any atom is 0.270 e. The lowest BCUT2D eigenvalue weighted by Gasteiger charge is -2.34. The molecule has 0 aliphatic carbocycles. The summed E-state index contributed by atoms with van der Waals surface area (Å²) in [4.78, 5) is 18.1. The van der Waals surface area contributed by atoms with Crippen LogP contribution in [0.3, 0.4) is 0 Å². The van der Waals surface area contributed by atoms with E-state index >= 15 is 0 Å². The lowest BCUT2D eigenvalue weighted by molar-refractivity contribution is 0.0601. The normalized spacial score (nSPS) is 18.7. The molecule has 3 heterocycles. The minimum atomic E-state index is 0.0653. The highest BCUT2D eigenvalue weighted by molar-refractivity contribution is 5.98. The highest BCUT2D eigenvalue weighted by atomic mass is 16.2. The number of hydrogen-bond acceptors (Lipinski definition) is 2. The molecule has 1 unspecified atom stereocenters. The number of para-hydroxylation sites is 1. The van der Waals surface area contributed by atoms with Gasteiger partial charge in [-0.05, 0) is 37.5 Å². The van der Waals surface area contributed by atoms with Gasteiger partial charge in [0.2, 0.25) is 0 Å². The average molecular weight is 294 g/mol. The Morgan fingerprint density at radius 2 is 2.14 bits per heavy atom. The summed E-state index contributed by atoms with van der Waals surface area (Å²) in [5, 5.41) is 8.11. The van der Waals surface area contributed by atoms with Crippen LogP contribution in [0.1, 0.15) is 41.5 Å². The van der Waals surface area contributed by atoms with E-state index in [0.717, 1.165) is 42.4 Å². The molecule has 4 rings (SSSR count). The molecule has 5 heteroatoms. The number of nitrogens with zero attached hydrogens (tertiary/aromatic N) is 2. The summed E-state index contributed by atoms with van der Waals surface area (Å²) < 4.78 is 0. The van der Waals surface area contributed by atoms with Crippen molar-refractivity contribution in [2.24, 2.45) is 0 Å². The average Bonchev–Trinajstić information content (AvgIpc) is 3.23. The van der Waals surface area contributed by atoms with Crippen LogP contribution < -0.4 is 0 Å². The van der Waals surface area contributed by atoms with Gasteiger partial charge < -0.3 is 9.88 Å². The third-order valence-corrected chi connectivity index (χ3v) is 4.41. The van der Waals surface area contributed by atoms with Gasteiger partial charge >= 0.3 is 0 Å². The number of hydrogen-bond donors (Lipinski definition) is 2. The van der Waals surface area contributed by atoms with Gasteiger partial charge in [0.1, 0.15) is 5.69 Å². The summed E-state index contributed by atoms with van der Waals surface area (Å²) in [6, 6.07) is 12.0. The first-order valence-electron chi connectivity index (χ1n) is 7.71. The van der Waals surface area contributed by atoms with Crippen LogP contribution in [-0.4, -0.2) is 32.5 Å². The van der Waals surface area contributed by atoms with Crippen LogP contribution >= 0.6 is 0 Å². The maximum absolute atomic E-state index is 12.9. The zero-order valence-electron chi connectivity index (χ0n) is 12.2. The van der Waals surface area contributed by atoms with Crippen molar-refractivity contribution in [1.82, 2.24) is 20.1 Å². The number of aromatic amines is 2.